The van der Waals surface area contributed by atoms with E-state index in [1.807, 2.05) is 0 Å². The minimum atomic E-state index is 0.290. The molecule has 0 radical (unpaired) electrons. The van der Waals surface area contributed by atoms with Crippen molar-refractivity contribution in [2.75, 3.05) is 0 Å². The van der Waals surface area contributed by atoms with E-state index in [2.05, 4.69) is 50.5 Å². The van der Waals surface area contributed by atoms with Gasteiger partial charge in [-0.2, -0.15) is 0 Å². The van der Waals surface area contributed by atoms with E-state index in [0.29, 0.717) is 6.04 Å². The first-order valence-corrected chi connectivity index (χ1v) is 6.16. The standard InChI is InChI=1S/C14H24N2/c1-11(2)6-4-9-14(16-15)13-8-5-7-12(3)10-13/h5,7-8,10-11,14,16H,4,6,9,15H2,1-3H3. The van der Waals surface area contributed by atoms with E-state index in [0.717, 1.165) is 12.3 Å². The first kappa shape index (κ1) is 13.2. The topological polar surface area (TPSA) is 38.0 Å². The molecule has 0 heterocycles. The van der Waals surface area contributed by atoms with Gasteiger partial charge in [0.1, 0.15) is 0 Å². The molecule has 1 rings (SSSR count). The van der Waals surface area contributed by atoms with Crippen molar-refractivity contribution < 1.29 is 0 Å². The SMILES string of the molecule is Cc1cccc(C(CCCC(C)C)NN)c1. The van der Waals surface area contributed by atoms with Crippen LogP contribution >= 0.6 is 0 Å². The highest BCUT2D eigenvalue weighted by atomic mass is 15.2. The van der Waals surface area contributed by atoms with Gasteiger partial charge in [0.15, 0.2) is 0 Å². The molecule has 1 aromatic rings. The van der Waals surface area contributed by atoms with Crippen LogP contribution in [0.25, 0.3) is 0 Å². The molecule has 0 aliphatic rings. The summed E-state index contributed by atoms with van der Waals surface area (Å²) in [5.74, 6) is 6.40. The highest BCUT2D eigenvalue weighted by molar-refractivity contribution is 5.24. The Bertz CT molecular complexity index is 307. The Labute approximate surface area is 99.2 Å². The summed E-state index contributed by atoms with van der Waals surface area (Å²) in [5, 5.41) is 0. The molecular formula is C14H24N2. The van der Waals surface area contributed by atoms with Gasteiger partial charge in [0, 0.05) is 6.04 Å². The average molecular weight is 220 g/mol. The molecule has 90 valence electrons. The maximum absolute atomic E-state index is 5.62. The van der Waals surface area contributed by atoms with Crippen LogP contribution in [-0.4, -0.2) is 0 Å². The van der Waals surface area contributed by atoms with Gasteiger partial charge in [0.05, 0.1) is 0 Å². The Morgan fingerprint density at radius 3 is 2.56 bits per heavy atom. The van der Waals surface area contributed by atoms with Crippen molar-refractivity contribution in [1.29, 1.82) is 0 Å². The zero-order valence-electron chi connectivity index (χ0n) is 10.7. The summed E-state index contributed by atoms with van der Waals surface area (Å²) in [6, 6.07) is 8.86. The second-order valence-electron chi connectivity index (χ2n) is 4.96. The van der Waals surface area contributed by atoms with Crippen LogP contribution in [-0.2, 0) is 0 Å². The first-order chi connectivity index (χ1) is 7.63. The van der Waals surface area contributed by atoms with Gasteiger partial charge in [0.2, 0.25) is 0 Å². The number of rotatable bonds is 6. The fourth-order valence-electron chi connectivity index (χ4n) is 1.96. The number of nitrogens with one attached hydrogen (secondary N) is 1. The van der Waals surface area contributed by atoms with E-state index in [1.54, 1.807) is 0 Å². The molecule has 16 heavy (non-hydrogen) atoms. The molecule has 3 N–H and O–H groups in total. The Morgan fingerprint density at radius 1 is 1.25 bits per heavy atom. The van der Waals surface area contributed by atoms with Crippen LogP contribution in [0, 0.1) is 12.8 Å². The lowest BCUT2D eigenvalue weighted by Crippen LogP contribution is -2.28. The normalized spacial score (nSPS) is 13.1. The number of hydrogen-bond donors (Lipinski definition) is 2. The first-order valence-electron chi connectivity index (χ1n) is 6.16. The van der Waals surface area contributed by atoms with E-state index in [9.17, 15) is 0 Å². The average Bonchev–Trinajstić information content (AvgIpc) is 2.24. The van der Waals surface area contributed by atoms with Crippen molar-refractivity contribution in [3.8, 4) is 0 Å². The molecular weight excluding hydrogens is 196 g/mol. The van der Waals surface area contributed by atoms with Crippen LogP contribution in [0.15, 0.2) is 24.3 Å². The fourth-order valence-corrected chi connectivity index (χ4v) is 1.96. The van der Waals surface area contributed by atoms with Crippen molar-refractivity contribution >= 4 is 0 Å². The predicted molar refractivity (Wildman–Crippen MR) is 69.9 cm³/mol. The predicted octanol–water partition coefficient (Wildman–Crippen LogP) is 3.33. The van der Waals surface area contributed by atoms with Gasteiger partial charge >= 0.3 is 0 Å². The van der Waals surface area contributed by atoms with Crippen LogP contribution in [0.5, 0.6) is 0 Å². The molecule has 0 spiro atoms. The summed E-state index contributed by atoms with van der Waals surface area (Å²) in [6.07, 6.45) is 3.60. The van der Waals surface area contributed by atoms with Crippen LogP contribution < -0.4 is 11.3 Å². The van der Waals surface area contributed by atoms with Crippen molar-refractivity contribution in [1.82, 2.24) is 5.43 Å². The lowest BCUT2D eigenvalue weighted by molar-refractivity contribution is 0.455. The van der Waals surface area contributed by atoms with E-state index in [-0.39, 0.29) is 0 Å². The summed E-state index contributed by atoms with van der Waals surface area (Å²) < 4.78 is 0. The minimum absolute atomic E-state index is 0.290. The van der Waals surface area contributed by atoms with E-state index in [4.69, 9.17) is 5.84 Å². The molecule has 0 amide bonds. The Morgan fingerprint density at radius 2 is 2.00 bits per heavy atom. The van der Waals surface area contributed by atoms with Gasteiger partial charge in [-0.15, -0.1) is 0 Å². The number of hydrogen-bond acceptors (Lipinski definition) is 2. The molecule has 2 heteroatoms. The fraction of sp³-hybridized carbons (Fsp3) is 0.571. The monoisotopic (exact) mass is 220 g/mol. The summed E-state index contributed by atoms with van der Waals surface area (Å²) in [6.45, 7) is 6.64. The van der Waals surface area contributed by atoms with Crippen molar-refractivity contribution in [2.45, 2.75) is 46.1 Å². The highest BCUT2D eigenvalue weighted by Gasteiger charge is 2.09. The molecule has 1 atom stereocenters. The van der Waals surface area contributed by atoms with Gasteiger partial charge in [-0.25, -0.2) is 0 Å². The highest BCUT2D eigenvalue weighted by Crippen LogP contribution is 2.20. The zero-order valence-corrected chi connectivity index (χ0v) is 10.7. The Hall–Kier alpha value is -0.860. The molecule has 0 aromatic heterocycles. The van der Waals surface area contributed by atoms with Crippen LogP contribution in [0.2, 0.25) is 0 Å². The van der Waals surface area contributed by atoms with Gasteiger partial charge < -0.3 is 0 Å². The number of hydrazine groups is 1. The van der Waals surface area contributed by atoms with Crippen LogP contribution in [0.1, 0.15) is 50.3 Å². The largest absolute Gasteiger partial charge is 0.271 e. The molecule has 1 aromatic carbocycles. The third-order valence-electron chi connectivity index (χ3n) is 2.92. The summed E-state index contributed by atoms with van der Waals surface area (Å²) in [7, 11) is 0. The van der Waals surface area contributed by atoms with E-state index < -0.39 is 0 Å². The van der Waals surface area contributed by atoms with Gasteiger partial charge in [0.25, 0.3) is 0 Å². The third-order valence-corrected chi connectivity index (χ3v) is 2.92. The minimum Gasteiger partial charge on any atom is -0.271 e. The van der Waals surface area contributed by atoms with Gasteiger partial charge in [-0.1, -0.05) is 56.5 Å². The number of aryl methyl sites for hydroxylation is 1. The lowest BCUT2D eigenvalue weighted by Gasteiger charge is -2.17. The number of benzene rings is 1. The van der Waals surface area contributed by atoms with Crippen molar-refractivity contribution in [3.05, 3.63) is 35.4 Å². The Balaban J connectivity index is 2.53. The number of nitrogens with two attached hydrogens (primary N) is 1. The van der Waals surface area contributed by atoms with E-state index in [1.165, 1.54) is 24.0 Å². The molecule has 0 saturated carbocycles. The van der Waals surface area contributed by atoms with Crippen LogP contribution in [0.3, 0.4) is 0 Å². The molecule has 1 unspecified atom stereocenters. The summed E-state index contributed by atoms with van der Waals surface area (Å²) in [4.78, 5) is 0. The summed E-state index contributed by atoms with van der Waals surface area (Å²) in [5.41, 5.74) is 5.51. The maximum atomic E-state index is 5.62. The molecule has 0 aliphatic heterocycles. The summed E-state index contributed by atoms with van der Waals surface area (Å²) >= 11 is 0. The quantitative estimate of drug-likeness (QED) is 0.570. The van der Waals surface area contributed by atoms with Gasteiger partial charge in [-0.05, 0) is 24.8 Å². The second-order valence-corrected chi connectivity index (χ2v) is 4.96. The smallest absolute Gasteiger partial charge is 0.0460 e. The Kier molecular flexibility index (Phi) is 5.50. The molecule has 0 bridgehead atoms. The van der Waals surface area contributed by atoms with E-state index >= 15 is 0 Å². The third kappa shape index (κ3) is 4.33. The van der Waals surface area contributed by atoms with Gasteiger partial charge in [-0.3, -0.25) is 11.3 Å². The molecule has 0 fully saturated rings. The maximum Gasteiger partial charge on any atom is 0.0460 e. The zero-order chi connectivity index (χ0) is 12.0. The molecule has 0 aliphatic carbocycles. The second kappa shape index (κ2) is 6.66. The lowest BCUT2D eigenvalue weighted by atomic mass is 9.97. The van der Waals surface area contributed by atoms with Crippen molar-refractivity contribution in [3.63, 3.8) is 0 Å². The molecule has 0 saturated heterocycles. The molecule has 2 nitrogen and oxygen atoms in total. The van der Waals surface area contributed by atoms with Crippen LogP contribution in [0.4, 0.5) is 0 Å². The van der Waals surface area contributed by atoms with Crippen molar-refractivity contribution in [2.24, 2.45) is 11.8 Å².